The summed E-state index contributed by atoms with van der Waals surface area (Å²) in [5, 5.41) is 62.6. The van der Waals surface area contributed by atoms with Crippen molar-refractivity contribution in [3.63, 3.8) is 0 Å². The Balaban J connectivity index is 1.78. The van der Waals surface area contributed by atoms with Crippen LogP contribution in [0, 0.1) is 5.92 Å². The minimum Gasteiger partial charge on any atom is -0.492 e. The van der Waals surface area contributed by atoms with Crippen molar-refractivity contribution < 1.29 is 44.5 Å². The summed E-state index contributed by atoms with van der Waals surface area (Å²) in [6.45, 7) is 2.61. The van der Waals surface area contributed by atoms with Crippen molar-refractivity contribution in [1.29, 1.82) is 0 Å². The first-order valence-corrected chi connectivity index (χ1v) is 15.5. The Morgan fingerprint density at radius 3 is 2.55 bits per heavy atom. The van der Waals surface area contributed by atoms with Crippen molar-refractivity contribution in [3.8, 4) is 0 Å². The van der Waals surface area contributed by atoms with Crippen LogP contribution in [0.3, 0.4) is 0 Å². The molecule has 1 saturated carbocycles. The molecule has 1 aliphatic carbocycles. The Labute approximate surface area is 258 Å². The lowest BCUT2D eigenvalue weighted by molar-refractivity contribution is -0.297. The van der Waals surface area contributed by atoms with Gasteiger partial charge in [0.15, 0.2) is 6.29 Å². The van der Waals surface area contributed by atoms with Crippen LogP contribution in [0.25, 0.3) is 0 Å². The normalized spacial score (nSPS) is 39.2. The van der Waals surface area contributed by atoms with Crippen molar-refractivity contribution in [3.05, 3.63) is 11.8 Å². The third-order valence-corrected chi connectivity index (χ3v) is 8.78. The summed E-state index contributed by atoms with van der Waals surface area (Å²) in [5.74, 6) is -0.867. The molecule has 1 amide bonds. The molecule has 13 atom stereocenters. The van der Waals surface area contributed by atoms with Gasteiger partial charge in [0.25, 0.3) is 0 Å². The fourth-order valence-electron chi connectivity index (χ4n) is 6.34. The number of carbonyl (C=O) groups excluding carboxylic acids is 1. The molecule has 0 aromatic rings. The Kier molecular flexibility index (Phi) is 14.2. The summed E-state index contributed by atoms with van der Waals surface area (Å²) in [7, 11) is 1.58. The van der Waals surface area contributed by atoms with E-state index in [1.54, 1.807) is 7.05 Å². The lowest BCUT2D eigenvalue weighted by Gasteiger charge is -2.50. The summed E-state index contributed by atoms with van der Waals surface area (Å²) in [5.41, 5.74) is 22.7. The smallest absolute Gasteiger partial charge is 0.249 e. The molecule has 3 rings (SSSR count). The molecule has 2 fully saturated rings. The average Bonchev–Trinajstić information content (AvgIpc) is 2.96. The molecule has 16 N–H and O–H groups in total. The molecule has 16 nitrogen and oxygen atoms in total. The van der Waals surface area contributed by atoms with E-state index in [2.05, 4.69) is 16.0 Å². The van der Waals surface area contributed by atoms with Gasteiger partial charge < -0.3 is 78.6 Å². The molecular weight excluding hydrogens is 578 g/mol. The quantitative estimate of drug-likeness (QED) is 0.0804. The van der Waals surface area contributed by atoms with E-state index >= 15 is 0 Å². The highest BCUT2D eigenvalue weighted by Crippen LogP contribution is 2.36. The molecule has 0 bridgehead atoms. The fraction of sp³-hybridized carbons (Fsp3) is 0.893. The van der Waals surface area contributed by atoms with E-state index in [-0.39, 0.29) is 26.0 Å². The monoisotopic (exact) mass is 633 g/mol. The standard InChI is InChI=1S/C28H55N7O9/c1-28(41)13-42-27(22(39)25(28)33-2)44-24-18(35-26(40)19(37)7-9-30)10-17(32)20(21(24)38)23-16(31)6-5-15(43-23)12-34-11-14(36)4-3-8-29/h5,14,16-25,27,33-34,36-39,41H,3-4,6-13,29-32H2,1-2H3,(H,35,40)/t14?,16-,17+,18-,19+,20?,21+,22-,23+,24+,25-,27-,28+/m1/s1. The van der Waals surface area contributed by atoms with Gasteiger partial charge in [-0.2, -0.15) is 0 Å². The van der Waals surface area contributed by atoms with Crippen LogP contribution in [-0.4, -0.2) is 144 Å². The first kappa shape index (κ1) is 37.0. The van der Waals surface area contributed by atoms with Crippen LogP contribution in [0.1, 0.15) is 39.0 Å². The highest BCUT2D eigenvalue weighted by molar-refractivity contribution is 5.80. The van der Waals surface area contributed by atoms with Crippen molar-refractivity contribution in [2.24, 2.45) is 28.9 Å². The van der Waals surface area contributed by atoms with Crippen LogP contribution in [-0.2, 0) is 19.0 Å². The molecule has 16 heteroatoms. The number of carbonyl (C=O) groups is 1. The minimum atomic E-state index is -1.40. The summed E-state index contributed by atoms with van der Waals surface area (Å²) >= 11 is 0. The molecule has 256 valence electrons. The van der Waals surface area contributed by atoms with Gasteiger partial charge in [0, 0.05) is 24.5 Å². The molecule has 0 aromatic heterocycles. The van der Waals surface area contributed by atoms with Gasteiger partial charge in [-0.1, -0.05) is 0 Å². The highest BCUT2D eigenvalue weighted by atomic mass is 16.7. The molecule has 3 aliphatic rings. The topological polar surface area (TPSA) is 286 Å². The number of hydrogen-bond donors (Lipinski definition) is 12. The molecule has 2 heterocycles. The van der Waals surface area contributed by atoms with Gasteiger partial charge in [-0.15, -0.1) is 0 Å². The van der Waals surface area contributed by atoms with Gasteiger partial charge >= 0.3 is 0 Å². The zero-order chi connectivity index (χ0) is 32.6. The molecule has 0 radical (unpaired) electrons. The Bertz CT molecular complexity index is 932. The molecule has 2 aliphatic heterocycles. The Morgan fingerprint density at radius 2 is 1.89 bits per heavy atom. The second-order valence-electron chi connectivity index (χ2n) is 12.4. The Hall–Kier alpha value is -1.51. The maximum absolute atomic E-state index is 12.8. The zero-order valence-electron chi connectivity index (χ0n) is 25.8. The Morgan fingerprint density at radius 1 is 1.16 bits per heavy atom. The molecule has 0 spiro atoms. The molecule has 1 saturated heterocycles. The van der Waals surface area contributed by atoms with Crippen molar-refractivity contribution in [2.45, 2.75) is 112 Å². The van der Waals surface area contributed by atoms with Gasteiger partial charge in [0.1, 0.15) is 35.8 Å². The van der Waals surface area contributed by atoms with E-state index < -0.39 is 84.5 Å². The van der Waals surface area contributed by atoms with Crippen LogP contribution in [0.4, 0.5) is 0 Å². The fourth-order valence-corrected chi connectivity index (χ4v) is 6.34. The van der Waals surface area contributed by atoms with Crippen LogP contribution in [0.15, 0.2) is 11.8 Å². The van der Waals surface area contributed by atoms with Crippen molar-refractivity contribution >= 4 is 5.91 Å². The number of nitrogens with one attached hydrogen (secondary N) is 3. The molecule has 44 heavy (non-hydrogen) atoms. The lowest BCUT2D eigenvalue weighted by atomic mass is 9.72. The van der Waals surface area contributed by atoms with Gasteiger partial charge in [-0.25, -0.2) is 0 Å². The lowest BCUT2D eigenvalue weighted by Crippen LogP contribution is -2.69. The summed E-state index contributed by atoms with van der Waals surface area (Å²) in [6, 6.07) is -2.91. The van der Waals surface area contributed by atoms with E-state index in [4.69, 9.17) is 37.1 Å². The number of aliphatic hydroxyl groups excluding tert-OH is 4. The maximum Gasteiger partial charge on any atom is 0.249 e. The van der Waals surface area contributed by atoms with Crippen LogP contribution in [0.2, 0.25) is 0 Å². The van der Waals surface area contributed by atoms with Gasteiger partial charge in [-0.3, -0.25) is 4.79 Å². The van der Waals surface area contributed by atoms with E-state index in [1.807, 2.05) is 6.08 Å². The predicted molar refractivity (Wildman–Crippen MR) is 161 cm³/mol. The SMILES string of the molecule is CN[C@@H]1[C@@H](O)[C@@H](O[C@H]2[C@H](NC(=O)[C@@H](O)CCN)C[C@H](N)C([C@H]3OC(CNCC(O)CCCN)=CC[C@H]3N)[C@@H]2O)OC[C@]1(C)O. The summed E-state index contributed by atoms with van der Waals surface area (Å²) in [4.78, 5) is 12.8. The summed E-state index contributed by atoms with van der Waals surface area (Å²) in [6.07, 6.45) is -4.01. The summed E-state index contributed by atoms with van der Waals surface area (Å²) < 4.78 is 18.1. The number of aliphatic hydroxyl groups is 5. The number of amides is 1. The second kappa shape index (κ2) is 16.9. The van der Waals surface area contributed by atoms with Crippen LogP contribution < -0.4 is 38.9 Å². The largest absolute Gasteiger partial charge is 0.492 e. The number of likely N-dealkylation sites (N-methyl/N-ethyl adjacent to an activating group) is 1. The van der Waals surface area contributed by atoms with Gasteiger partial charge in [0.05, 0.1) is 37.4 Å². The van der Waals surface area contributed by atoms with Crippen LogP contribution >= 0.6 is 0 Å². The molecule has 0 aromatic carbocycles. The van der Waals surface area contributed by atoms with E-state index in [1.165, 1.54) is 6.92 Å². The maximum atomic E-state index is 12.8. The highest BCUT2D eigenvalue weighted by Gasteiger charge is 2.53. The van der Waals surface area contributed by atoms with Crippen LogP contribution in [0.5, 0.6) is 0 Å². The number of hydrogen-bond acceptors (Lipinski definition) is 15. The number of nitrogens with two attached hydrogens (primary N) is 4. The van der Waals surface area contributed by atoms with Crippen molar-refractivity contribution in [2.75, 3.05) is 39.8 Å². The first-order chi connectivity index (χ1) is 20.8. The number of rotatable bonds is 15. The van der Waals surface area contributed by atoms with E-state index in [0.29, 0.717) is 44.7 Å². The van der Waals surface area contributed by atoms with E-state index in [0.717, 1.165) is 0 Å². The minimum absolute atomic E-state index is 0.0304. The predicted octanol–water partition coefficient (Wildman–Crippen LogP) is -4.98. The molecule has 2 unspecified atom stereocenters. The first-order valence-electron chi connectivity index (χ1n) is 15.5. The molecular formula is C28H55N7O9. The second-order valence-corrected chi connectivity index (χ2v) is 12.4. The van der Waals surface area contributed by atoms with Gasteiger partial charge in [-0.05, 0) is 65.2 Å². The van der Waals surface area contributed by atoms with E-state index in [9.17, 15) is 30.3 Å². The third-order valence-electron chi connectivity index (χ3n) is 8.78. The number of ether oxygens (including phenoxy) is 3. The average molecular weight is 634 g/mol. The zero-order valence-corrected chi connectivity index (χ0v) is 25.8. The van der Waals surface area contributed by atoms with Gasteiger partial charge in [0.2, 0.25) is 5.91 Å². The van der Waals surface area contributed by atoms with Crippen molar-refractivity contribution in [1.82, 2.24) is 16.0 Å². The third kappa shape index (κ3) is 9.28.